The second kappa shape index (κ2) is 7.24. The summed E-state index contributed by atoms with van der Waals surface area (Å²) >= 11 is 0. The number of halogens is 1. The molecule has 0 aliphatic carbocycles. The number of hydrogen-bond acceptors (Lipinski definition) is 4. The molecule has 4 nitrogen and oxygen atoms in total. The molecular formula is C15H22FNO3. The first-order valence-electron chi connectivity index (χ1n) is 6.62. The quantitative estimate of drug-likeness (QED) is 0.781. The van der Waals surface area contributed by atoms with Crippen LogP contribution in [0.5, 0.6) is 5.75 Å². The van der Waals surface area contributed by atoms with Crippen molar-refractivity contribution in [2.75, 3.05) is 13.7 Å². The lowest BCUT2D eigenvalue weighted by atomic mass is 9.97. The van der Waals surface area contributed by atoms with Crippen LogP contribution in [0.1, 0.15) is 27.2 Å². The minimum absolute atomic E-state index is 0.118. The number of nitrogens with one attached hydrogen (secondary N) is 1. The molecule has 1 atom stereocenters. The van der Waals surface area contributed by atoms with E-state index in [-0.39, 0.29) is 24.4 Å². The Kier molecular flexibility index (Phi) is 5.95. The molecule has 5 heteroatoms. The van der Waals surface area contributed by atoms with Crippen molar-refractivity contribution in [2.45, 2.75) is 38.8 Å². The number of ether oxygens (including phenoxy) is 2. The molecular weight excluding hydrogens is 261 g/mol. The van der Waals surface area contributed by atoms with Crippen LogP contribution in [0.4, 0.5) is 4.39 Å². The summed E-state index contributed by atoms with van der Waals surface area (Å²) in [6.07, 6.45) is 0.381. The van der Waals surface area contributed by atoms with Gasteiger partial charge in [-0.3, -0.25) is 10.1 Å². The van der Waals surface area contributed by atoms with E-state index in [4.69, 9.17) is 9.47 Å². The number of methoxy groups -OCH3 is 1. The Hall–Kier alpha value is -1.62. The number of rotatable bonds is 7. The van der Waals surface area contributed by atoms with E-state index in [1.807, 2.05) is 13.8 Å². The summed E-state index contributed by atoms with van der Waals surface area (Å²) in [5.41, 5.74) is -0.853. The summed E-state index contributed by atoms with van der Waals surface area (Å²) in [6.45, 7) is 5.85. The fourth-order valence-electron chi connectivity index (χ4n) is 2.02. The number of benzene rings is 1. The maximum Gasteiger partial charge on any atom is 0.325 e. The van der Waals surface area contributed by atoms with E-state index in [1.54, 1.807) is 25.1 Å². The van der Waals surface area contributed by atoms with Crippen LogP contribution in [0.15, 0.2) is 24.3 Å². The Bertz CT molecular complexity index is 450. The molecule has 0 saturated heterocycles. The first-order valence-corrected chi connectivity index (χ1v) is 6.62. The minimum Gasteiger partial charge on any atom is -0.490 e. The van der Waals surface area contributed by atoms with Crippen LogP contribution in [0, 0.1) is 5.82 Å². The van der Waals surface area contributed by atoms with Crippen LogP contribution < -0.4 is 10.1 Å². The molecule has 0 radical (unpaired) electrons. The van der Waals surface area contributed by atoms with E-state index < -0.39 is 11.4 Å². The molecule has 1 unspecified atom stereocenters. The average Bonchev–Trinajstić information content (AvgIpc) is 2.39. The molecule has 1 N–H and O–H groups in total. The summed E-state index contributed by atoms with van der Waals surface area (Å²) in [7, 11) is 1.35. The van der Waals surface area contributed by atoms with Gasteiger partial charge in [-0.05, 0) is 32.9 Å². The van der Waals surface area contributed by atoms with E-state index in [0.29, 0.717) is 6.42 Å². The van der Waals surface area contributed by atoms with Crippen molar-refractivity contribution in [1.29, 1.82) is 0 Å². The zero-order valence-corrected chi connectivity index (χ0v) is 12.4. The predicted molar refractivity (Wildman–Crippen MR) is 75.2 cm³/mol. The van der Waals surface area contributed by atoms with Crippen LogP contribution in [0.25, 0.3) is 0 Å². The summed E-state index contributed by atoms with van der Waals surface area (Å²) in [6, 6.07) is 6.31. The van der Waals surface area contributed by atoms with Crippen molar-refractivity contribution >= 4 is 5.97 Å². The predicted octanol–water partition coefficient (Wildman–Crippen LogP) is 2.52. The fourth-order valence-corrected chi connectivity index (χ4v) is 2.02. The van der Waals surface area contributed by atoms with E-state index >= 15 is 0 Å². The van der Waals surface area contributed by atoms with Gasteiger partial charge in [-0.2, -0.15) is 0 Å². The zero-order valence-electron chi connectivity index (χ0n) is 12.4. The van der Waals surface area contributed by atoms with Crippen LogP contribution >= 0.6 is 0 Å². The van der Waals surface area contributed by atoms with Gasteiger partial charge < -0.3 is 9.47 Å². The lowest BCUT2D eigenvalue weighted by molar-refractivity contribution is -0.148. The fraction of sp³-hybridized carbons (Fsp3) is 0.533. The standard InChI is InChI=1S/C15H22FNO3/c1-11(2)17-15(3,14(18)19-4)9-10-20-13-8-6-5-7-12(13)16/h5-8,11,17H,9-10H2,1-4H3. The van der Waals surface area contributed by atoms with E-state index in [1.165, 1.54) is 13.2 Å². The zero-order chi connectivity index (χ0) is 15.2. The second-order valence-corrected chi connectivity index (χ2v) is 5.15. The lowest BCUT2D eigenvalue weighted by Crippen LogP contribution is -2.53. The molecule has 0 aromatic heterocycles. The lowest BCUT2D eigenvalue weighted by Gasteiger charge is -2.30. The highest BCUT2D eigenvalue weighted by atomic mass is 19.1. The monoisotopic (exact) mass is 283 g/mol. The van der Waals surface area contributed by atoms with Crippen LogP contribution in [0.2, 0.25) is 0 Å². The van der Waals surface area contributed by atoms with E-state index in [2.05, 4.69) is 5.32 Å². The molecule has 1 rings (SSSR count). The van der Waals surface area contributed by atoms with Gasteiger partial charge in [-0.1, -0.05) is 12.1 Å². The topological polar surface area (TPSA) is 47.6 Å². The highest BCUT2D eigenvalue weighted by molar-refractivity contribution is 5.80. The van der Waals surface area contributed by atoms with Gasteiger partial charge in [0.05, 0.1) is 13.7 Å². The summed E-state index contributed by atoms with van der Waals surface area (Å²) < 4.78 is 23.6. The molecule has 112 valence electrons. The number of carbonyl (C=O) groups excluding carboxylic acids is 1. The van der Waals surface area contributed by atoms with Crippen molar-refractivity contribution in [2.24, 2.45) is 0 Å². The molecule has 1 aromatic rings. The van der Waals surface area contributed by atoms with Gasteiger partial charge in [0, 0.05) is 12.5 Å². The maximum absolute atomic E-state index is 13.4. The Labute approximate surface area is 119 Å². The first kappa shape index (κ1) is 16.4. The van der Waals surface area contributed by atoms with Gasteiger partial charge >= 0.3 is 5.97 Å². The van der Waals surface area contributed by atoms with Crippen molar-refractivity contribution in [3.8, 4) is 5.75 Å². The van der Waals surface area contributed by atoms with Crippen LogP contribution in [-0.4, -0.2) is 31.3 Å². The Morgan fingerprint density at radius 1 is 1.40 bits per heavy atom. The van der Waals surface area contributed by atoms with Gasteiger partial charge in [0.25, 0.3) is 0 Å². The van der Waals surface area contributed by atoms with Crippen LogP contribution in [0.3, 0.4) is 0 Å². The van der Waals surface area contributed by atoms with Gasteiger partial charge in [-0.15, -0.1) is 0 Å². The first-order chi connectivity index (χ1) is 9.39. The highest BCUT2D eigenvalue weighted by Crippen LogP contribution is 2.18. The van der Waals surface area contributed by atoms with E-state index in [0.717, 1.165) is 0 Å². The highest BCUT2D eigenvalue weighted by Gasteiger charge is 2.34. The van der Waals surface area contributed by atoms with Gasteiger partial charge in [-0.25, -0.2) is 4.39 Å². The minimum atomic E-state index is -0.853. The summed E-state index contributed by atoms with van der Waals surface area (Å²) in [5, 5.41) is 3.16. The summed E-state index contributed by atoms with van der Waals surface area (Å²) in [4.78, 5) is 11.9. The molecule has 20 heavy (non-hydrogen) atoms. The number of hydrogen-bond donors (Lipinski definition) is 1. The number of carbonyl (C=O) groups is 1. The molecule has 0 saturated carbocycles. The molecule has 0 aliphatic heterocycles. The van der Waals surface area contributed by atoms with Gasteiger partial charge in [0.15, 0.2) is 11.6 Å². The normalized spacial score (nSPS) is 13.9. The third-order valence-corrected chi connectivity index (χ3v) is 2.94. The van der Waals surface area contributed by atoms with Gasteiger partial charge in [0.1, 0.15) is 5.54 Å². The van der Waals surface area contributed by atoms with E-state index in [9.17, 15) is 9.18 Å². The third kappa shape index (κ3) is 4.49. The third-order valence-electron chi connectivity index (χ3n) is 2.94. The SMILES string of the molecule is COC(=O)C(C)(CCOc1ccccc1F)NC(C)C. The number of esters is 1. The molecule has 0 aliphatic rings. The Balaban J connectivity index is 2.63. The Morgan fingerprint density at radius 3 is 2.60 bits per heavy atom. The van der Waals surface area contributed by atoms with Crippen molar-refractivity contribution in [1.82, 2.24) is 5.32 Å². The largest absolute Gasteiger partial charge is 0.490 e. The Morgan fingerprint density at radius 2 is 2.05 bits per heavy atom. The van der Waals surface area contributed by atoms with Crippen molar-refractivity contribution in [3.63, 3.8) is 0 Å². The second-order valence-electron chi connectivity index (χ2n) is 5.15. The van der Waals surface area contributed by atoms with Crippen LogP contribution in [-0.2, 0) is 9.53 Å². The molecule has 0 heterocycles. The molecule has 0 amide bonds. The molecule has 1 aromatic carbocycles. The average molecular weight is 283 g/mol. The van der Waals surface area contributed by atoms with Crippen molar-refractivity contribution < 1.29 is 18.7 Å². The summed E-state index contributed by atoms with van der Waals surface area (Å²) in [5.74, 6) is -0.586. The molecule has 0 fully saturated rings. The van der Waals surface area contributed by atoms with Crippen molar-refractivity contribution in [3.05, 3.63) is 30.1 Å². The molecule has 0 bridgehead atoms. The maximum atomic E-state index is 13.4. The molecule has 0 spiro atoms. The van der Waals surface area contributed by atoms with Gasteiger partial charge in [0.2, 0.25) is 0 Å². The number of para-hydroxylation sites is 1. The smallest absolute Gasteiger partial charge is 0.325 e.